The molecule has 102 valence electrons. The Hall–Kier alpha value is -1.88. The lowest BCUT2D eigenvalue weighted by molar-refractivity contribution is 0.313. The van der Waals surface area contributed by atoms with E-state index in [1.165, 1.54) is 12.1 Å². The Bertz CT molecular complexity index is 551. The van der Waals surface area contributed by atoms with Crippen LogP contribution >= 0.6 is 0 Å². The average molecular weight is 263 g/mol. The summed E-state index contributed by atoms with van der Waals surface area (Å²) in [5.41, 5.74) is 7.59. The highest BCUT2D eigenvalue weighted by Gasteiger charge is 2.10. The summed E-state index contributed by atoms with van der Waals surface area (Å²) in [5, 5.41) is 4.09. The Morgan fingerprint density at radius 3 is 2.84 bits per heavy atom. The SMILES string of the molecule is C[C@@H](N)c1cc(F)ccc1OCCc1ccnn1C. The zero-order chi connectivity index (χ0) is 13.8. The van der Waals surface area contributed by atoms with Gasteiger partial charge >= 0.3 is 0 Å². The van der Waals surface area contributed by atoms with Crippen LogP contribution in [0.25, 0.3) is 0 Å². The number of nitrogens with two attached hydrogens (primary N) is 1. The van der Waals surface area contributed by atoms with Crippen molar-refractivity contribution < 1.29 is 9.13 Å². The van der Waals surface area contributed by atoms with Crippen molar-refractivity contribution in [2.24, 2.45) is 12.8 Å². The first-order chi connectivity index (χ1) is 9.08. The highest BCUT2D eigenvalue weighted by molar-refractivity contribution is 5.36. The summed E-state index contributed by atoms with van der Waals surface area (Å²) in [4.78, 5) is 0. The molecule has 1 atom stereocenters. The molecule has 0 radical (unpaired) electrons. The molecule has 0 saturated carbocycles. The minimum absolute atomic E-state index is 0.262. The highest BCUT2D eigenvalue weighted by atomic mass is 19.1. The first kappa shape index (κ1) is 13.5. The number of ether oxygens (including phenoxy) is 1. The van der Waals surface area contributed by atoms with Gasteiger partial charge in [0.1, 0.15) is 11.6 Å². The predicted octanol–water partition coefficient (Wildman–Crippen LogP) is 2.20. The van der Waals surface area contributed by atoms with Crippen molar-refractivity contribution in [2.45, 2.75) is 19.4 Å². The Morgan fingerprint density at radius 2 is 2.21 bits per heavy atom. The first-order valence-electron chi connectivity index (χ1n) is 6.22. The molecule has 19 heavy (non-hydrogen) atoms. The second-order valence-corrected chi connectivity index (χ2v) is 4.52. The molecule has 0 unspecified atom stereocenters. The van der Waals surface area contributed by atoms with Gasteiger partial charge in [-0.1, -0.05) is 0 Å². The van der Waals surface area contributed by atoms with Gasteiger partial charge in [0.05, 0.1) is 6.61 Å². The van der Waals surface area contributed by atoms with Crippen molar-refractivity contribution in [3.63, 3.8) is 0 Å². The maximum absolute atomic E-state index is 13.2. The van der Waals surface area contributed by atoms with E-state index in [2.05, 4.69) is 5.10 Å². The van der Waals surface area contributed by atoms with Crippen LogP contribution in [0.5, 0.6) is 5.75 Å². The normalized spacial score (nSPS) is 12.4. The summed E-state index contributed by atoms with van der Waals surface area (Å²) < 4.78 is 20.7. The molecule has 0 amide bonds. The molecule has 5 heteroatoms. The summed E-state index contributed by atoms with van der Waals surface area (Å²) in [6, 6.07) is 6.11. The molecule has 0 aliphatic heterocycles. The zero-order valence-corrected chi connectivity index (χ0v) is 11.1. The third-order valence-electron chi connectivity index (χ3n) is 3.00. The number of halogens is 1. The van der Waals surface area contributed by atoms with Crippen molar-refractivity contribution in [2.75, 3.05) is 6.61 Å². The van der Waals surface area contributed by atoms with Crippen LogP contribution in [0.2, 0.25) is 0 Å². The van der Waals surface area contributed by atoms with E-state index in [0.717, 1.165) is 12.1 Å². The number of aromatic nitrogens is 2. The van der Waals surface area contributed by atoms with Crippen molar-refractivity contribution in [1.29, 1.82) is 0 Å². The van der Waals surface area contributed by atoms with Crippen LogP contribution < -0.4 is 10.5 Å². The highest BCUT2D eigenvalue weighted by Crippen LogP contribution is 2.24. The molecule has 1 aromatic heterocycles. The standard InChI is InChI=1S/C14H18FN3O/c1-10(16)13-9-11(15)3-4-14(13)19-8-6-12-5-7-17-18(12)2/h3-5,7,9-10H,6,8,16H2,1-2H3/t10-/m1/s1. The Kier molecular flexibility index (Phi) is 4.16. The van der Waals surface area contributed by atoms with E-state index in [9.17, 15) is 4.39 Å². The maximum Gasteiger partial charge on any atom is 0.124 e. The van der Waals surface area contributed by atoms with Crippen LogP contribution in [0.1, 0.15) is 24.2 Å². The number of rotatable bonds is 5. The van der Waals surface area contributed by atoms with Crippen LogP contribution in [-0.2, 0) is 13.5 Å². The van der Waals surface area contributed by atoms with E-state index in [0.29, 0.717) is 17.9 Å². The van der Waals surface area contributed by atoms with Gasteiger partial charge in [0.25, 0.3) is 0 Å². The second kappa shape index (κ2) is 5.84. The number of benzene rings is 1. The smallest absolute Gasteiger partial charge is 0.124 e. The fourth-order valence-corrected chi connectivity index (χ4v) is 1.92. The molecule has 4 nitrogen and oxygen atoms in total. The average Bonchev–Trinajstić information content (AvgIpc) is 2.77. The third kappa shape index (κ3) is 3.32. The van der Waals surface area contributed by atoms with Crippen molar-refractivity contribution >= 4 is 0 Å². The largest absolute Gasteiger partial charge is 0.493 e. The summed E-state index contributed by atoms with van der Waals surface area (Å²) in [5.74, 6) is 0.338. The maximum atomic E-state index is 13.2. The number of hydrogen-bond donors (Lipinski definition) is 1. The molecule has 1 aromatic carbocycles. The quantitative estimate of drug-likeness (QED) is 0.899. The lowest BCUT2D eigenvalue weighted by Gasteiger charge is -2.14. The van der Waals surface area contributed by atoms with Gasteiger partial charge in [-0.15, -0.1) is 0 Å². The number of aryl methyl sites for hydroxylation is 1. The molecule has 0 saturated heterocycles. The molecule has 0 spiro atoms. The number of hydrogen-bond acceptors (Lipinski definition) is 3. The summed E-state index contributed by atoms with van der Waals surface area (Å²) in [7, 11) is 1.89. The molecule has 0 bridgehead atoms. The van der Waals surface area contributed by atoms with E-state index in [-0.39, 0.29) is 11.9 Å². The molecule has 2 rings (SSSR count). The third-order valence-corrected chi connectivity index (χ3v) is 3.00. The summed E-state index contributed by atoms with van der Waals surface area (Å²) in [6.45, 7) is 2.31. The summed E-state index contributed by atoms with van der Waals surface area (Å²) >= 11 is 0. The fraction of sp³-hybridized carbons (Fsp3) is 0.357. The lowest BCUT2D eigenvalue weighted by Crippen LogP contribution is -2.11. The van der Waals surface area contributed by atoms with E-state index in [4.69, 9.17) is 10.5 Å². The second-order valence-electron chi connectivity index (χ2n) is 4.52. The van der Waals surface area contributed by atoms with E-state index in [1.807, 2.05) is 20.0 Å². The van der Waals surface area contributed by atoms with Gasteiger partial charge in [-0.25, -0.2) is 4.39 Å². The minimum Gasteiger partial charge on any atom is -0.493 e. The van der Waals surface area contributed by atoms with Crippen LogP contribution in [-0.4, -0.2) is 16.4 Å². The van der Waals surface area contributed by atoms with Gasteiger partial charge in [-0.3, -0.25) is 4.68 Å². The molecule has 2 N–H and O–H groups in total. The van der Waals surface area contributed by atoms with Crippen LogP contribution in [0, 0.1) is 5.82 Å². The molecule has 2 aromatic rings. The van der Waals surface area contributed by atoms with Gasteiger partial charge in [0, 0.05) is 37.0 Å². The van der Waals surface area contributed by atoms with Gasteiger partial charge < -0.3 is 10.5 Å². The topological polar surface area (TPSA) is 53.1 Å². The molecule has 0 fully saturated rings. The Morgan fingerprint density at radius 1 is 1.42 bits per heavy atom. The van der Waals surface area contributed by atoms with E-state index in [1.54, 1.807) is 16.9 Å². The molecule has 0 aliphatic carbocycles. The van der Waals surface area contributed by atoms with Crippen molar-refractivity contribution in [3.8, 4) is 5.75 Å². The minimum atomic E-state index is -0.300. The number of nitrogens with zero attached hydrogens (tertiary/aromatic N) is 2. The molecule has 1 heterocycles. The molecular weight excluding hydrogens is 245 g/mol. The van der Waals surface area contributed by atoms with Crippen LogP contribution in [0.15, 0.2) is 30.5 Å². The Labute approximate surface area is 112 Å². The van der Waals surface area contributed by atoms with E-state index >= 15 is 0 Å². The van der Waals surface area contributed by atoms with Gasteiger partial charge in [-0.05, 0) is 31.2 Å². The fourth-order valence-electron chi connectivity index (χ4n) is 1.92. The molecular formula is C14H18FN3O. The summed E-state index contributed by atoms with van der Waals surface area (Å²) in [6.07, 6.45) is 2.49. The molecule has 0 aliphatic rings. The lowest BCUT2D eigenvalue weighted by atomic mass is 10.1. The van der Waals surface area contributed by atoms with Crippen molar-refractivity contribution in [3.05, 3.63) is 47.5 Å². The first-order valence-corrected chi connectivity index (χ1v) is 6.22. The van der Waals surface area contributed by atoms with Gasteiger partial charge in [0.2, 0.25) is 0 Å². The van der Waals surface area contributed by atoms with E-state index < -0.39 is 0 Å². The van der Waals surface area contributed by atoms with Crippen LogP contribution in [0.4, 0.5) is 4.39 Å². The Balaban J connectivity index is 2.01. The van der Waals surface area contributed by atoms with Crippen LogP contribution in [0.3, 0.4) is 0 Å². The predicted molar refractivity (Wildman–Crippen MR) is 71.4 cm³/mol. The zero-order valence-electron chi connectivity index (χ0n) is 11.1. The monoisotopic (exact) mass is 263 g/mol. The van der Waals surface area contributed by atoms with Crippen molar-refractivity contribution in [1.82, 2.24) is 9.78 Å². The van der Waals surface area contributed by atoms with Gasteiger partial charge in [-0.2, -0.15) is 5.10 Å². The van der Waals surface area contributed by atoms with Gasteiger partial charge in [0.15, 0.2) is 0 Å².